The summed E-state index contributed by atoms with van der Waals surface area (Å²) in [6.07, 6.45) is 1.82. The number of aryl methyl sites for hydroxylation is 1. The Hall–Kier alpha value is -0.820. The molecule has 1 aliphatic rings. The second-order valence-electron chi connectivity index (χ2n) is 5.19. The van der Waals surface area contributed by atoms with E-state index in [0.717, 1.165) is 18.4 Å². The van der Waals surface area contributed by atoms with Gasteiger partial charge in [-0.2, -0.15) is 12.7 Å². The van der Waals surface area contributed by atoms with Crippen molar-refractivity contribution < 1.29 is 8.42 Å². The topological polar surface area (TPSA) is 75.4 Å². The number of nitrogens with two attached hydrogens (primary N) is 1. The Morgan fingerprint density at radius 3 is 2.95 bits per heavy atom. The molecular formula is C13H20ClN3O2S. The zero-order valence-corrected chi connectivity index (χ0v) is 13.0. The molecule has 1 atom stereocenters. The van der Waals surface area contributed by atoms with Crippen molar-refractivity contribution in [3.63, 3.8) is 0 Å². The molecular weight excluding hydrogens is 298 g/mol. The summed E-state index contributed by atoms with van der Waals surface area (Å²) in [6.45, 7) is 3.39. The van der Waals surface area contributed by atoms with Crippen molar-refractivity contribution in [2.24, 2.45) is 11.7 Å². The number of halogens is 1. The van der Waals surface area contributed by atoms with Gasteiger partial charge < -0.3 is 5.73 Å². The second kappa shape index (κ2) is 6.30. The van der Waals surface area contributed by atoms with Gasteiger partial charge in [-0.1, -0.05) is 17.7 Å². The first kappa shape index (κ1) is 15.6. The van der Waals surface area contributed by atoms with E-state index >= 15 is 0 Å². The summed E-state index contributed by atoms with van der Waals surface area (Å²) < 4.78 is 28.8. The molecule has 1 aromatic carbocycles. The molecule has 1 heterocycles. The maximum absolute atomic E-state index is 12.4. The number of hydrogen-bond donors (Lipinski definition) is 2. The third kappa shape index (κ3) is 3.63. The quantitative estimate of drug-likeness (QED) is 0.891. The van der Waals surface area contributed by atoms with Crippen LogP contribution >= 0.6 is 11.6 Å². The summed E-state index contributed by atoms with van der Waals surface area (Å²) in [5.41, 5.74) is 7.01. The Kier molecular flexibility index (Phi) is 4.90. The average molecular weight is 318 g/mol. The van der Waals surface area contributed by atoms with Gasteiger partial charge in [0.15, 0.2) is 0 Å². The minimum Gasteiger partial charge on any atom is -0.330 e. The van der Waals surface area contributed by atoms with Crippen LogP contribution < -0.4 is 10.5 Å². The Labute approximate surface area is 125 Å². The lowest BCUT2D eigenvalue weighted by molar-refractivity contribution is 0.273. The fourth-order valence-electron chi connectivity index (χ4n) is 2.36. The zero-order chi connectivity index (χ0) is 14.8. The predicted molar refractivity (Wildman–Crippen MR) is 82.1 cm³/mol. The Balaban J connectivity index is 2.16. The summed E-state index contributed by atoms with van der Waals surface area (Å²) >= 11 is 6.03. The summed E-state index contributed by atoms with van der Waals surface area (Å²) in [5.74, 6) is 0.230. The second-order valence-corrected chi connectivity index (χ2v) is 7.27. The molecule has 1 aliphatic heterocycles. The van der Waals surface area contributed by atoms with Gasteiger partial charge in [0.1, 0.15) is 0 Å². The van der Waals surface area contributed by atoms with Crippen molar-refractivity contribution in [2.75, 3.05) is 24.4 Å². The van der Waals surface area contributed by atoms with Crippen molar-refractivity contribution in [3.05, 3.63) is 28.8 Å². The lowest BCUT2D eigenvalue weighted by atomic mass is 10.0. The molecule has 112 valence electrons. The molecule has 3 N–H and O–H groups in total. The van der Waals surface area contributed by atoms with Gasteiger partial charge in [0.05, 0.1) is 10.7 Å². The Morgan fingerprint density at radius 1 is 1.50 bits per heavy atom. The van der Waals surface area contributed by atoms with Crippen LogP contribution in [-0.4, -0.2) is 32.4 Å². The Morgan fingerprint density at radius 2 is 2.25 bits per heavy atom. The van der Waals surface area contributed by atoms with Crippen LogP contribution in [0.5, 0.6) is 0 Å². The van der Waals surface area contributed by atoms with Gasteiger partial charge in [-0.15, -0.1) is 0 Å². The highest BCUT2D eigenvalue weighted by Crippen LogP contribution is 2.26. The molecule has 0 bridgehead atoms. The highest BCUT2D eigenvalue weighted by atomic mass is 35.5. The SMILES string of the molecule is Cc1ccc(Cl)c(NS(=O)(=O)N2CCCC(CN)C2)c1. The van der Waals surface area contributed by atoms with Crippen LogP contribution in [0.1, 0.15) is 18.4 Å². The third-order valence-electron chi connectivity index (χ3n) is 3.52. The molecule has 0 aliphatic carbocycles. The van der Waals surface area contributed by atoms with E-state index in [9.17, 15) is 8.42 Å². The molecule has 1 saturated heterocycles. The lowest BCUT2D eigenvalue weighted by Crippen LogP contribution is -2.44. The van der Waals surface area contributed by atoms with Crippen molar-refractivity contribution in [3.8, 4) is 0 Å². The highest BCUT2D eigenvalue weighted by Gasteiger charge is 2.28. The van der Waals surface area contributed by atoms with Gasteiger partial charge in [0.25, 0.3) is 0 Å². The first-order valence-corrected chi connectivity index (χ1v) is 8.48. The molecule has 0 saturated carbocycles. The van der Waals surface area contributed by atoms with Crippen LogP contribution in [0.3, 0.4) is 0 Å². The maximum atomic E-state index is 12.4. The Bertz CT molecular complexity index is 577. The number of piperidine rings is 1. The van der Waals surface area contributed by atoms with E-state index in [-0.39, 0.29) is 5.92 Å². The van der Waals surface area contributed by atoms with Crippen LogP contribution in [0.2, 0.25) is 5.02 Å². The van der Waals surface area contributed by atoms with Gasteiger partial charge in [-0.05, 0) is 49.9 Å². The third-order valence-corrected chi connectivity index (χ3v) is 5.33. The minimum atomic E-state index is -3.58. The monoisotopic (exact) mass is 317 g/mol. The highest BCUT2D eigenvalue weighted by molar-refractivity contribution is 7.90. The normalized spacial score (nSPS) is 20.9. The van der Waals surface area contributed by atoms with E-state index in [2.05, 4.69) is 4.72 Å². The van der Waals surface area contributed by atoms with Crippen molar-refractivity contribution in [1.29, 1.82) is 0 Å². The smallest absolute Gasteiger partial charge is 0.301 e. The number of hydrogen-bond acceptors (Lipinski definition) is 3. The van der Waals surface area contributed by atoms with Gasteiger partial charge >= 0.3 is 10.2 Å². The van der Waals surface area contributed by atoms with E-state index in [4.69, 9.17) is 17.3 Å². The average Bonchev–Trinajstić information content (AvgIpc) is 2.43. The number of nitrogens with zero attached hydrogens (tertiary/aromatic N) is 1. The fourth-order valence-corrected chi connectivity index (χ4v) is 3.93. The van der Waals surface area contributed by atoms with Crippen molar-refractivity contribution >= 4 is 27.5 Å². The molecule has 0 amide bonds. The molecule has 0 aromatic heterocycles. The van der Waals surface area contributed by atoms with Crippen molar-refractivity contribution in [1.82, 2.24) is 4.31 Å². The number of rotatable bonds is 4. The fraction of sp³-hybridized carbons (Fsp3) is 0.538. The van der Waals surface area contributed by atoms with Gasteiger partial charge in [-0.3, -0.25) is 4.72 Å². The van der Waals surface area contributed by atoms with Crippen LogP contribution in [0, 0.1) is 12.8 Å². The zero-order valence-electron chi connectivity index (χ0n) is 11.5. The molecule has 20 heavy (non-hydrogen) atoms. The molecule has 0 spiro atoms. The van der Waals surface area contributed by atoms with Crippen molar-refractivity contribution in [2.45, 2.75) is 19.8 Å². The number of benzene rings is 1. The standard InChI is InChI=1S/C13H20ClN3O2S/c1-10-4-5-12(14)13(7-10)16-20(18,19)17-6-2-3-11(8-15)9-17/h4-5,7,11,16H,2-3,6,8-9,15H2,1H3. The number of nitrogens with one attached hydrogen (secondary N) is 1. The van der Waals surface area contributed by atoms with E-state index in [1.54, 1.807) is 12.1 Å². The van der Waals surface area contributed by atoms with E-state index in [0.29, 0.717) is 30.3 Å². The van der Waals surface area contributed by atoms with Crippen LogP contribution in [-0.2, 0) is 10.2 Å². The van der Waals surface area contributed by atoms with Crippen LogP contribution in [0.25, 0.3) is 0 Å². The van der Waals surface area contributed by atoms with E-state index in [1.165, 1.54) is 4.31 Å². The van der Waals surface area contributed by atoms with Crippen LogP contribution in [0.15, 0.2) is 18.2 Å². The molecule has 5 nitrogen and oxygen atoms in total. The number of anilines is 1. The van der Waals surface area contributed by atoms with Crippen LogP contribution in [0.4, 0.5) is 5.69 Å². The summed E-state index contributed by atoms with van der Waals surface area (Å²) in [5, 5.41) is 0.395. The molecule has 0 radical (unpaired) electrons. The lowest BCUT2D eigenvalue weighted by Gasteiger charge is -2.31. The van der Waals surface area contributed by atoms with Gasteiger partial charge in [-0.25, -0.2) is 0 Å². The molecule has 2 rings (SSSR count). The maximum Gasteiger partial charge on any atom is 0.301 e. The van der Waals surface area contributed by atoms with E-state index in [1.807, 2.05) is 13.0 Å². The first-order valence-electron chi connectivity index (χ1n) is 6.66. The summed E-state index contributed by atoms with van der Waals surface area (Å²) in [7, 11) is -3.58. The van der Waals surface area contributed by atoms with Gasteiger partial charge in [0.2, 0.25) is 0 Å². The first-order chi connectivity index (χ1) is 9.42. The molecule has 1 aromatic rings. The molecule has 1 unspecified atom stereocenters. The summed E-state index contributed by atoms with van der Waals surface area (Å²) in [4.78, 5) is 0. The minimum absolute atomic E-state index is 0.230. The summed E-state index contributed by atoms with van der Waals surface area (Å²) in [6, 6.07) is 5.25. The predicted octanol–water partition coefficient (Wildman–Crippen LogP) is 1.98. The van der Waals surface area contributed by atoms with E-state index < -0.39 is 10.2 Å². The largest absolute Gasteiger partial charge is 0.330 e. The van der Waals surface area contributed by atoms with Gasteiger partial charge in [0, 0.05) is 13.1 Å². The molecule has 1 fully saturated rings. The molecule has 7 heteroatoms.